The molecule has 0 saturated heterocycles. The average molecular weight is 274 g/mol. The number of aromatic nitrogens is 2. The van der Waals surface area contributed by atoms with E-state index in [1.807, 2.05) is 31.2 Å². The van der Waals surface area contributed by atoms with Crippen LogP contribution < -0.4 is 5.73 Å². The fourth-order valence-electron chi connectivity index (χ4n) is 2.22. The molecule has 19 heavy (non-hydrogen) atoms. The van der Waals surface area contributed by atoms with Crippen molar-refractivity contribution in [3.05, 3.63) is 40.5 Å². The van der Waals surface area contributed by atoms with Gasteiger partial charge in [-0.2, -0.15) is 0 Å². The second kappa shape index (κ2) is 4.82. The topological polar surface area (TPSA) is 51.8 Å². The van der Waals surface area contributed by atoms with Crippen LogP contribution in [0, 0.1) is 12.8 Å². The van der Waals surface area contributed by atoms with E-state index in [1.54, 1.807) is 0 Å². The van der Waals surface area contributed by atoms with Gasteiger partial charge in [0.2, 0.25) is 5.95 Å². The van der Waals surface area contributed by atoms with Gasteiger partial charge in [-0.05, 0) is 43.7 Å². The van der Waals surface area contributed by atoms with Crippen LogP contribution in [0.15, 0.2) is 24.3 Å². The maximum absolute atomic E-state index is 6.35. The van der Waals surface area contributed by atoms with E-state index in [0.29, 0.717) is 5.95 Å². The van der Waals surface area contributed by atoms with Gasteiger partial charge in [0.25, 0.3) is 0 Å². The molecular weight excluding hydrogens is 258 g/mol. The number of hydrogen-bond donors (Lipinski definition) is 1. The van der Waals surface area contributed by atoms with Gasteiger partial charge >= 0.3 is 0 Å². The van der Waals surface area contributed by atoms with Gasteiger partial charge in [0.05, 0.1) is 10.7 Å². The molecule has 1 fully saturated rings. The second-order valence-corrected chi connectivity index (χ2v) is 5.56. The molecule has 98 valence electrons. The van der Waals surface area contributed by atoms with Crippen LogP contribution in [0.1, 0.15) is 24.1 Å². The van der Waals surface area contributed by atoms with Crippen molar-refractivity contribution in [2.45, 2.75) is 26.2 Å². The Hall–Kier alpha value is -1.61. The van der Waals surface area contributed by atoms with E-state index in [0.717, 1.165) is 39.9 Å². The Labute approximate surface area is 117 Å². The summed E-state index contributed by atoms with van der Waals surface area (Å²) in [5.74, 6) is 1.10. The van der Waals surface area contributed by atoms with Crippen molar-refractivity contribution in [2.75, 3.05) is 5.73 Å². The minimum absolute atomic E-state index is 0.325. The van der Waals surface area contributed by atoms with Gasteiger partial charge in [-0.1, -0.05) is 29.8 Å². The summed E-state index contributed by atoms with van der Waals surface area (Å²) in [5.41, 5.74) is 9.61. The summed E-state index contributed by atoms with van der Waals surface area (Å²) in [6.45, 7) is 1.99. The quantitative estimate of drug-likeness (QED) is 0.929. The zero-order valence-corrected chi connectivity index (χ0v) is 11.6. The molecule has 2 N–H and O–H groups in total. The molecule has 0 aliphatic heterocycles. The Morgan fingerprint density at radius 2 is 2.11 bits per heavy atom. The first-order valence-corrected chi connectivity index (χ1v) is 6.90. The highest BCUT2D eigenvalue weighted by Crippen LogP contribution is 2.34. The number of nitrogen functional groups attached to an aromatic ring is 1. The number of rotatable bonds is 3. The van der Waals surface area contributed by atoms with Crippen LogP contribution in [0.3, 0.4) is 0 Å². The summed E-state index contributed by atoms with van der Waals surface area (Å²) in [5, 5.41) is 0.734. The monoisotopic (exact) mass is 273 g/mol. The third kappa shape index (κ3) is 2.71. The molecule has 0 unspecified atom stereocenters. The molecule has 1 aromatic carbocycles. The highest BCUT2D eigenvalue weighted by atomic mass is 35.5. The molecule has 1 saturated carbocycles. The predicted octanol–water partition coefficient (Wildman–Crippen LogP) is 3.64. The van der Waals surface area contributed by atoms with E-state index >= 15 is 0 Å². The lowest BCUT2D eigenvalue weighted by atomic mass is 10.1. The van der Waals surface area contributed by atoms with Crippen LogP contribution in [0.4, 0.5) is 5.95 Å². The summed E-state index contributed by atoms with van der Waals surface area (Å²) in [6.07, 6.45) is 3.58. The lowest BCUT2D eigenvalue weighted by Gasteiger charge is -2.08. The van der Waals surface area contributed by atoms with Crippen molar-refractivity contribution >= 4 is 17.5 Å². The smallest absolute Gasteiger partial charge is 0.220 e. The second-order valence-electron chi connectivity index (χ2n) is 5.19. The van der Waals surface area contributed by atoms with Crippen molar-refractivity contribution in [1.82, 2.24) is 9.97 Å². The van der Waals surface area contributed by atoms with Gasteiger partial charge in [-0.3, -0.25) is 0 Å². The first-order chi connectivity index (χ1) is 9.13. The number of hydrogen-bond acceptors (Lipinski definition) is 3. The van der Waals surface area contributed by atoms with Gasteiger partial charge in [0, 0.05) is 11.3 Å². The molecule has 3 nitrogen and oxygen atoms in total. The fourth-order valence-corrected chi connectivity index (χ4v) is 2.45. The molecule has 4 heteroatoms. The van der Waals surface area contributed by atoms with E-state index in [4.69, 9.17) is 17.3 Å². The molecule has 1 aromatic heterocycles. The summed E-state index contributed by atoms with van der Waals surface area (Å²) in [7, 11) is 0. The Morgan fingerprint density at radius 3 is 2.84 bits per heavy atom. The Morgan fingerprint density at radius 1 is 1.32 bits per heavy atom. The summed E-state index contributed by atoms with van der Waals surface area (Å²) < 4.78 is 0. The van der Waals surface area contributed by atoms with Crippen LogP contribution in [0.2, 0.25) is 5.02 Å². The molecule has 1 heterocycles. The number of halogens is 1. The van der Waals surface area contributed by atoms with Crippen molar-refractivity contribution < 1.29 is 0 Å². The Kier molecular flexibility index (Phi) is 3.15. The maximum atomic E-state index is 6.35. The fraction of sp³-hybridized carbons (Fsp3) is 0.333. The van der Waals surface area contributed by atoms with Gasteiger partial charge in [0.15, 0.2) is 0 Å². The molecule has 0 spiro atoms. The van der Waals surface area contributed by atoms with Crippen molar-refractivity contribution in [1.29, 1.82) is 0 Å². The van der Waals surface area contributed by atoms with E-state index < -0.39 is 0 Å². The first-order valence-electron chi connectivity index (χ1n) is 6.52. The third-order valence-electron chi connectivity index (χ3n) is 3.46. The van der Waals surface area contributed by atoms with Crippen LogP contribution >= 0.6 is 11.6 Å². The standard InChI is InChI=1S/C15H16ClN3/c1-9-3-2-4-12(14(9)16)13-8-11(7-10-5-6-10)18-15(17)19-13/h2-4,8,10H,5-7H2,1H3,(H2,17,18,19). The van der Waals surface area contributed by atoms with E-state index in [-0.39, 0.29) is 0 Å². The number of nitrogens with two attached hydrogens (primary N) is 1. The highest BCUT2D eigenvalue weighted by Gasteiger charge is 2.22. The van der Waals surface area contributed by atoms with Crippen LogP contribution in [0.25, 0.3) is 11.3 Å². The van der Waals surface area contributed by atoms with Gasteiger partial charge in [-0.25, -0.2) is 9.97 Å². The van der Waals surface area contributed by atoms with Gasteiger partial charge < -0.3 is 5.73 Å². The molecule has 0 atom stereocenters. The number of benzene rings is 1. The van der Waals surface area contributed by atoms with E-state index in [9.17, 15) is 0 Å². The molecule has 2 aromatic rings. The zero-order valence-electron chi connectivity index (χ0n) is 10.9. The van der Waals surface area contributed by atoms with Gasteiger partial charge in [-0.15, -0.1) is 0 Å². The molecule has 1 aliphatic rings. The lowest BCUT2D eigenvalue weighted by molar-refractivity contribution is 0.802. The minimum Gasteiger partial charge on any atom is -0.368 e. The molecule has 1 aliphatic carbocycles. The molecule has 0 amide bonds. The van der Waals surface area contributed by atoms with Crippen LogP contribution in [0.5, 0.6) is 0 Å². The maximum Gasteiger partial charge on any atom is 0.220 e. The third-order valence-corrected chi connectivity index (χ3v) is 3.96. The molecule has 3 rings (SSSR count). The van der Waals surface area contributed by atoms with Crippen molar-refractivity contribution in [2.24, 2.45) is 5.92 Å². The van der Waals surface area contributed by atoms with Gasteiger partial charge in [0.1, 0.15) is 0 Å². The predicted molar refractivity (Wildman–Crippen MR) is 78.1 cm³/mol. The largest absolute Gasteiger partial charge is 0.368 e. The number of aryl methyl sites for hydroxylation is 1. The van der Waals surface area contributed by atoms with E-state index in [1.165, 1.54) is 12.8 Å². The number of anilines is 1. The molecule has 0 bridgehead atoms. The van der Waals surface area contributed by atoms with E-state index in [2.05, 4.69) is 9.97 Å². The summed E-state index contributed by atoms with van der Waals surface area (Å²) >= 11 is 6.35. The molecular formula is C15H16ClN3. The molecule has 0 radical (unpaired) electrons. The highest BCUT2D eigenvalue weighted by molar-refractivity contribution is 6.34. The van der Waals surface area contributed by atoms with Crippen LogP contribution in [-0.2, 0) is 6.42 Å². The van der Waals surface area contributed by atoms with Crippen molar-refractivity contribution in [3.8, 4) is 11.3 Å². The Bertz CT molecular complexity index is 621. The minimum atomic E-state index is 0.325. The SMILES string of the molecule is Cc1cccc(-c2cc(CC3CC3)nc(N)n2)c1Cl. The number of nitrogens with zero attached hydrogens (tertiary/aromatic N) is 2. The first kappa shape index (κ1) is 12.4. The zero-order chi connectivity index (χ0) is 13.4. The average Bonchev–Trinajstić information content (AvgIpc) is 3.16. The summed E-state index contributed by atoms with van der Waals surface area (Å²) in [6, 6.07) is 7.95. The van der Waals surface area contributed by atoms with Crippen molar-refractivity contribution in [3.63, 3.8) is 0 Å². The summed E-state index contributed by atoms with van der Waals surface area (Å²) in [4.78, 5) is 8.63. The van der Waals surface area contributed by atoms with Crippen LogP contribution in [-0.4, -0.2) is 9.97 Å². The Balaban J connectivity index is 2.03. The lowest BCUT2D eigenvalue weighted by Crippen LogP contribution is -2.02. The normalized spacial score (nSPS) is 14.6.